The number of benzene rings is 2. The lowest BCUT2D eigenvalue weighted by Gasteiger charge is -2.06. The van der Waals surface area contributed by atoms with Gasteiger partial charge in [0.25, 0.3) is 0 Å². The molecular weight excluding hydrogens is 296 g/mol. The molecule has 1 aliphatic rings. The van der Waals surface area contributed by atoms with Crippen LogP contribution >= 0.6 is 0 Å². The van der Waals surface area contributed by atoms with Crippen LogP contribution in [-0.2, 0) is 0 Å². The number of amidine groups is 1. The van der Waals surface area contributed by atoms with E-state index in [1.165, 1.54) is 0 Å². The van der Waals surface area contributed by atoms with E-state index in [4.69, 9.17) is 0 Å². The summed E-state index contributed by atoms with van der Waals surface area (Å²) in [6, 6.07) is 17.9. The van der Waals surface area contributed by atoms with Crippen molar-refractivity contribution in [3.05, 3.63) is 60.2 Å². The summed E-state index contributed by atoms with van der Waals surface area (Å²) in [5, 5.41) is 3.13. The Morgan fingerprint density at radius 1 is 1.00 bits per heavy atom. The van der Waals surface area contributed by atoms with Crippen LogP contribution in [0.25, 0.3) is 11.1 Å². The van der Waals surface area contributed by atoms with Crippen molar-refractivity contribution in [1.29, 1.82) is 0 Å². The van der Waals surface area contributed by atoms with E-state index in [0.717, 1.165) is 41.9 Å². The predicted octanol–water partition coefficient (Wildman–Crippen LogP) is 0.322. The van der Waals surface area contributed by atoms with Crippen molar-refractivity contribution < 1.29 is 17.2 Å². The SMILES string of the molecule is O=C(CNC1=NCCC1)c1ccc(-c2ccccc2)cc1.[Cl-]. The van der Waals surface area contributed by atoms with Gasteiger partial charge in [-0.25, -0.2) is 0 Å². The van der Waals surface area contributed by atoms with Crippen molar-refractivity contribution in [2.45, 2.75) is 12.8 Å². The lowest BCUT2D eigenvalue weighted by Crippen LogP contribution is -3.00. The summed E-state index contributed by atoms with van der Waals surface area (Å²) in [5.41, 5.74) is 3.02. The van der Waals surface area contributed by atoms with E-state index < -0.39 is 0 Å². The second-order valence-corrected chi connectivity index (χ2v) is 5.15. The lowest BCUT2D eigenvalue weighted by atomic mass is 10.0. The van der Waals surface area contributed by atoms with Gasteiger partial charge in [-0.05, 0) is 17.5 Å². The van der Waals surface area contributed by atoms with E-state index in [9.17, 15) is 4.79 Å². The van der Waals surface area contributed by atoms with Gasteiger partial charge in [0.1, 0.15) is 0 Å². The maximum atomic E-state index is 12.1. The van der Waals surface area contributed by atoms with Gasteiger partial charge in [-0.15, -0.1) is 0 Å². The van der Waals surface area contributed by atoms with Crippen LogP contribution in [0.5, 0.6) is 0 Å². The molecule has 0 unspecified atom stereocenters. The van der Waals surface area contributed by atoms with Gasteiger partial charge in [-0.2, -0.15) is 0 Å². The molecule has 0 radical (unpaired) electrons. The van der Waals surface area contributed by atoms with Crippen LogP contribution in [0.4, 0.5) is 0 Å². The van der Waals surface area contributed by atoms with E-state index in [1.807, 2.05) is 42.5 Å². The van der Waals surface area contributed by atoms with E-state index in [1.54, 1.807) is 0 Å². The van der Waals surface area contributed by atoms with Crippen LogP contribution in [0.2, 0.25) is 0 Å². The van der Waals surface area contributed by atoms with Crippen LogP contribution in [0.3, 0.4) is 0 Å². The molecule has 0 spiro atoms. The summed E-state index contributed by atoms with van der Waals surface area (Å²) < 4.78 is 0. The van der Waals surface area contributed by atoms with Crippen molar-refractivity contribution in [2.75, 3.05) is 13.1 Å². The molecule has 4 heteroatoms. The maximum Gasteiger partial charge on any atom is 0.181 e. The Bertz CT molecular complexity index is 651. The zero-order valence-corrected chi connectivity index (χ0v) is 13.0. The number of rotatable bonds is 4. The minimum absolute atomic E-state index is 0. The van der Waals surface area contributed by atoms with Crippen LogP contribution < -0.4 is 17.7 Å². The van der Waals surface area contributed by atoms with E-state index in [-0.39, 0.29) is 18.2 Å². The van der Waals surface area contributed by atoms with Crippen LogP contribution in [0, 0.1) is 0 Å². The third-order valence-corrected chi connectivity index (χ3v) is 3.64. The average molecular weight is 314 g/mol. The van der Waals surface area contributed by atoms with Crippen LogP contribution in [0.1, 0.15) is 23.2 Å². The van der Waals surface area contributed by atoms with E-state index in [2.05, 4.69) is 22.4 Å². The average Bonchev–Trinajstić information content (AvgIpc) is 3.07. The summed E-state index contributed by atoms with van der Waals surface area (Å²) in [4.78, 5) is 16.4. The molecule has 0 aromatic heterocycles. The first-order valence-corrected chi connectivity index (χ1v) is 7.29. The Kier molecular flexibility index (Phi) is 5.73. The summed E-state index contributed by atoms with van der Waals surface area (Å²) in [6.45, 7) is 1.20. The number of nitrogens with zero attached hydrogens (tertiary/aromatic N) is 1. The fraction of sp³-hybridized carbons (Fsp3) is 0.222. The molecule has 22 heavy (non-hydrogen) atoms. The zero-order chi connectivity index (χ0) is 14.5. The largest absolute Gasteiger partial charge is 1.00 e. The number of ketones is 1. The first kappa shape index (κ1) is 16.2. The second kappa shape index (κ2) is 7.76. The quantitative estimate of drug-likeness (QED) is 0.826. The second-order valence-electron chi connectivity index (χ2n) is 5.15. The fourth-order valence-corrected chi connectivity index (χ4v) is 2.45. The first-order valence-electron chi connectivity index (χ1n) is 7.29. The molecule has 0 saturated heterocycles. The number of carbonyl (C=O) groups excluding carboxylic acids is 1. The third-order valence-electron chi connectivity index (χ3n) is 3.64. The van der Waals surface area contributed by atoms with Crippen molar-refractivity contribution in [1.82, 2.24) is 5.32 Å². The Morgan fingerprint density at radius 2 is 1.68 bits per heavy atom. The molecule has 2 aromatic carbocycles. The van der Waals surface area contributed by atoms with Crippen LogP contribution in [-0.4, -0.2) is 24.7 Å². The van der Waals surface area contributed by atoms with E-state index >= 15 is 0 Å². The van der Waals surface area contributed by atoms with Crippen LogP contribution in [0.15, 0.2) is 59.6 Å². The molecule has 0 aliphatic carbocycles. The topological polar surface area (TPSA) is 41.5 Å². The molecule has 114 valence electrons. The number of hydrogen-bond acceptors (Lipinski definition) is 3. The lowest BCUT2D eigenvalue weighted by molar-refractivity contribution is -0.0000119. The first-order chi connectivity index (χ1) is 10.3. The molecule has 0 atom stereocenters. The summed E-state index contributed by atoms with van der Waals surface area (Å²) in [5.74, 6) is 1.06. The molecule has 1 N–H and O–H groups in total. The normalized spacial score (nSPS) is 13.2. The Balaban J connectivity index is 0.00000176. The van der Waals surface area contributed by atoms with Gasteiger partial charge >= 0.3 is 0 Å². The summed E-state index contributed by atoms with van der Waals surface area (Å²) in [6.07, 6.45) is 2.04. The molecule has 0 saturated carbocycles. The Morgan fingerprint density at radius 3 is 2.32 bits per heavy atom. The number of halogens is 1. The number of Topliss-reactive ketones (excluding diaryl/α,β-unsaturated/α-hetero) is 1. The van der Waals surface area contributed by atoms with Crippen molar-refractivity contribution in [2.24, 2.45) is 4.99 Å². The summed E-state index contributed by atoms with van der Waals surface area (Å²) in [7, 11) is 0. The van der Waals surface area contributed by atoms with E-state index in [0.29, 0.717) is 6.54 Å². The molecule has 0 fully saturated rings. The minimum Gasteiger partial charge on any atom is -1.00 e. The van der Waals surface area contributed by atoms with Crippen molar-refractivity contribution >= 4 is 11.6 Å². The van der Waals surface area contributed by atoms with Gasteiger partial charge in [0.2, 0.25) is 0 Å². The highest BCUT2D eigenvalue weighted by Crippen LogP contribution is 2.19. The Hall–Kier alpha value is -2.13. The fourth-order valence-electron chi connectivity index (χ4n) is 2.45. The standard InChI is InChI=1S/C18H18N2O.ClH/c21-17(13-20-18-7-4-12-19-18)16-10-8-15(9-11-16)14-5-2-1-3-6-14;/h1-3,5-6,8-11H,4,7,12-13H2,(H,19,20);1H/p-1. The van der Waals surface area contributed by atoms with Crippen molar-refractivity contribution in [3.63, 3.8) is 0 Å². The van der Waals surface area contributed by atoms with Gasteiger partial charge in [-0.3, -0.25) is 9.79 Å². The Labute approximate surface area is 136 Å². The van der Waals surface area contributed by atoms with Gasteiger partial charge < -0.3 is 17.7 Å². The number of carbonyl (C=O) groups is 1. The number of hydrogen-bond donors (Lipinski definition) is 1. The maximum absolute atomic E-state index is 12.1. The minimum atomic E-state index is 0. The molecule has 2 aromatic rings. The molecular formula is C18H18ClN2O-. The molecule has 0 amide bonds. The zero-order valence-electron chi connectivity index (χ0n) is 12.3. The molecule has 0 bridgehead atoms. The van der Waals surface area contributed by atoms with Gasteiger partial charge in [-0.1, -0.05) is 54.6 Å². The van der Waals surface area contributed by atoms with Crippen molar-refractivity contribution in [3.8, 4) is 11.1 Å². The van der Waals surface area contributed by atoms with Gasteiger partial charge in [0.05, 0.1) is 12.4 Å². The number of nitrogens with one attached hydrogen (secondary N) is 1. The highest BCUT2D eigenvalue weighted by atomic mass is 35.5. The highest BCUT2D eigenvalue weighted by molar-refractivity contribution is 6.00. The number of aliphatic imine (C=N–C) groups is 1. The third kappa shape index (κ3) is 3.95. The molecule has 1 heterocycles. The molecule has 3 nitrogen and oxygen atoms in total. The smallest absolute Gasteiger partial charge is 0.181 e. The predicted molar refractivity (Wildman–Crippen MR) is 85.7 cm³/mol. The summed E-state index contributed by atoms with van der Waals surface area (Å²) >= 11 is 0. The molecule has 1 aliphatic heterocycles. The van der Waals surface area contributed by atoms with Gasteiger partial charge in [0, 0.05) is 18.5 Å². The monoisotopic (exact) mass is 313 g/mol. The molecule has 3 rings (SSSR count). The highest BCUT2D eigenvalue weighted by Gasteiger charge is 2.09. The van der Waals surface area contributed by atoms with Gasteiger partial charge in [0.15, 0.2) is 5.78 Å².